The molecule has 1 heterocycles. The van der Waals surface area contributed by atoms with Crippen molar-refractivity contribution in [3.8, 4) is 11.5 Å². The molecule has 0 amide bonds. The minimum Gasteiger partial charge on any atom is -0.493 e. The second-order valence-corrected chi connectivity index (χ2v) is 8.20. The molecular weight excluding hydrogens is 479 g/mol. The number of H-pyrrole nitrogens is 1. The average molecular weight is 500 g/mol. The number of aromatic nitrogens is 3. The first-order valence-electron chi connectivity index (χ1n) is 9.58. The number of benzene rings is 2. The summed E-state index contributed by atoms with van der Waals surface area (Å²) in [5.74, 6) is 1.88. The maximum absolute atomic E-state index is 6.25. The van der Waals surface area contributed by atoms with Crippen molar-refractivity contribution in [1.82, 2.24) is 14.9 Å². The van der Waals surface area contributed by atoms with Crippen molar-refractivity contribution in [2.24, 2.45) is 5.10 Å². The van der Waals surface area contributed by atoms with E-state index in [0.29, 0.717) is 36.9 Å². The molecule has 6 nitrogen and oxygen atoms in total. The van der Waals surface area contributed by atoms with Gasteiger partial charge in [-0.25, -0.2) is 0 Å². The third kappa shape index (κ3) is 5.80. The highest BCUT2D eigenvalue weighted by atomic mass is 35.5. The zero-order valence-corrected chi connectivity index (χ0v) is 20.1. The number of nitrogens with zero attached hydrogens (tertiary/aromatic N) is 3. The van der Waals surface area contributed by atoms with Gasteiger partial charge >= 0.3 is 0 Å². The van der Waals surface area contributed by atoms with Crippen LogP contribution in [0.1, 0.15) is 36.7 Å². The highest BCUT2D eigenvalue weighted by molar-refractivity contribution is 7.71. The van der Waals surface area contributed by atoms with E-state index < -0.39 is 0 Å². The molecule has 0 saturated carbocycles. The number of nitrogens with one attached hydrogen (secondary N) is 1. The van der Waals surface area contributed by atoms with Gasteiger partial charge in [0.2, 0.25) is 4.77 Å². The Hall–Kier alpha value is -2.06. The van der Waals surface area contributed by atoms with Crippen LogP contribution in [0.25, 0.3) is 0 Å². The van der Waals surface area contributed by atoms with E-state index in [2.05, 4.69) is 22.2 Å². The lowest BCUT2D eigenvalue weighted by Crippen LogP contribution is -2.01. The van der Waals surface area contributed by atoms with Crippen LogP contribution in [0.2, 0.25) is 15.1 Å². The Morgan fingerprint density at radius 1 is 1.16 bits per heavy atom. The molecule has 1 N–H and O–H groups in total. The standard InChI is InChI=1S/C21H21Cl3N4O2S/c1-3-4-5-19-26-27-21(31)28(19)25-11-13-6-9-17(18(10-13)29-2)30-12-14-15(22)7-8-16(23)20(14)24/h6-11H,3-5,12H2,1-2H3,(H,27,31). The molecule has 1 aromatic heterocycles. The van der Waals surface area contributed by atoms with Gasteiger partial charge in [-0.1, -0.05) is 48.1 Å². The predicted molar refractivity (Wildman–Crippen MR) is 128 cm³/mol. The number of hydrogen-bond acceptors (Lipinski definition) is 5. The van der Waals surface area contributed by atoms with Gasteiger partial charge in [-0.3, -0.25) is 5.10 Å². The Morgan fingerprint density at radius 2 is 1.94 bits per heavy atom. The van der Waals surface area contributed by atoms with Crippen LogP contribution in [-0.2, 0) is 13.0 Å². The van der Waals surface area contributed by atoms with E-state index in [1.54, 1.807) is 36.2 Å². The number of aryl methyl sites for hydroxylation is 1. The molecule has 0 atom stereocenters. The first kappa shape index (κ1) is 23.6. The quantitative estimate of drug-likeness (QED) is 0.202. The lowest BCUT2D eigenvalue weighted by atomic mass is 10.2. The molecule has 0 spiro atoms. The number of aromatic amines is 1. The van der Waals surface area contributed by atoms with E-state index in [0.717, 1.165) is 30.7 Å². The van der Waals surface area contributed by atoms with Crippen molar-refractivity contribution >= 4 is 53.2 Å². The van der Waals surface area contributed by atoms with Crippen molar-refractivity contribution in [2.75, 3.05) is 7.11 Å². The number of ether oxygens (including phenoxy) is 2. The summed E-state index contributed by atoms with van der Waals surface area (Å²) >= 11 is 23.8. The number of rotatable bonds is 9. The minimum atomic E-state index is 0.146. The number of hydrogen-bond donors (Lipinski definition) is 1. The Labute approximate surface area is 200 Å². The Morgan fingerprint density at radius 3 is 2.68 bits per heavy atom. The van der Waals surface area contributed by atoms with Gasteiger partial charge in [-0.05, 0) is 54.5 Å². The van der Waals surface area contributed by atoms with E-state index in [1.807, 2.05) is 12.1 Å². The first-order valence-corrected chi connectivity index (χ1v) is 11.1. The third-order valence-corrected chi connectivity index (χ3v) is 5.95. The summed E-state index contributed by atoms with van der Waals surface area (Å²) in [6.07, 6.45) is 4.56. The molecule has 0 aliphatic rings. The summed E-state index contributed by atoms with van der Waals surface area (Å²) in [6.45, 7) is 2.27. The monoisotopic (exact) mass is 498 g/mol. The largest absolute Gasteiger partial charge is 0.493 e. The van der Waals surface area contributed by atoms with Crippen molar-refractivity contribution in [3.63, 3.8) is 0 Å². The van der Waals surface area contributed by atoms with Gasteiger partial charge in [0.1, 0.15) is 6.61 Å². The molecular formula is C21H21Cl3N4O2S. The minimum absolute atomic E-state index is 0.146. The van der Waals surface area contributed by atoms with E-state index >= 15 is 0 Å². The SMILES string of the molecule is CCCCc1n[nH]c(=S)n1N=Cc1ccc(OCc2c(Cl)ccc(Cl)c2Cl)c(OC)c1. The molecule has 0 aliphatic heterocycles. The van der Waals surface area contributed by atoms with Crippen LogP contribution in [0.5, 0.6) is 11.5 Å². The second-order valence-electron chi connectivity index (χ2n) is 6.63. The molecule has 0 fully saturated rings. The fourth-order valence-corrected chi connectivity index (χ4v) is 3.65. The average Bonchev–Trinajstić information content (AvgIpc) is 3.13. The van der Waals surface area contributed by atoms with Crippen LogP contribution in [0.3, 0.4) is 0 Å². The highest BCUT2D eigenvalue weighted by Gasteiger charge is 2.12. The summed E-state index contributed by atoms with van der Waals surface area (Å²) in [4.78, 5) is 0. The third-order valence-electron chi connectivity index (χ3n) is 4.49. The predicted octanol–water partition coefficient (Wildman–Crippen LogP) is 6.71. The lowest BCUT2D eigenvalue weighted by Gasteiger charge is -2.13. The molecule has 31 heavy (non-hydrogen) atoms. The van der Waals surface area contributed by atoms with Crippen molar-refractivity contribution in [1.29, 1.82) is 0 Å². The molecule has 0 radical (unpaired) electrons. The Kier molecular flexibility index (Phi) is 8.37. The van der Waals surface area contributed by atoms with Crippen LogP contribution in [0, 0.1) is 4.77 Å². The molecule has 2 aromatic carbocycles. The van der Waals surface area contributed by atoms with Gasteiger partial charge in [0.05, 0.1) is 23.4 Å². The van der Waals surface area contributed by atoms with E-state index in [-0.39, 0.29) is 6.61 Å². The zero-order valence-electron chi connectivity index (χ0n) is 17.0. The van der Waals surface area contributed by atoms with Gasteiger partial charge in [0.15, 0.2) is 17.3 Å². The summed E-state index contributed by atoms with van der Waals surface area (Å²) in [5, 5.41) is 12.8. The molecule has 0 bridgehead atoms. The van der Waals surface area contributed by atoms with E-state index in [4.69, 9.17) is 56.5 Å². The number of methoxy groups -OCH3 is 1. The summed E-state index contributed by atoms with van der Waals surface area (Å²) in [6, 6.07) is 8.79. The van der Waals surface area contributed by atoms with Crippen molar-refractivity contribution in [2.45, 2.75) is 32.8 Å². The number of unbranched alkanes of at least 4 members (excludes halogenated alkanes) is 1. The molecule has 3 rings (SSSR count). The topological polar surface area (TPSA) is 64.4 Å². The number of halogens is 3. The molecule has 0 saturated heterocycles. The molecule has 3 aromatic rings. The van der Waals surface area contributed by atoms with Crippen molar-refractivity contribution < 1.29 is 9.47 Å². The van der Waals surface area contributed by atoms with Gasteiger partial charge < -0.3 is 9.47 Å². The summed E-state index contributed by atoms with van der Waals surface area (Å²) in [5.41, 5.74) is 1.42. The van der Waals surface area contributed by atoms with Crippen LogP contribution in [0.4, 0.5) is 0 Å². The molecule has 10 heteroatoms. The van der Waals surface area contributed by atoms with Crippen LogP contribution >= 0.6 is 47.0 Å². The van der Waals surface area contributed by atoms with E-state index in [9.17, 15) is 0 Å². The zero-order chi connectivity index (χ0) is 22.4. The fourth-order valence-electron chi connectivity index (χ4n) is 2.80. The fraction of sp³-hybridized carbons (Fsp3) is 0.286. The van der Waals surface area contributed by atoms with Crippen LogP contribution in [-0.4, -0.2) is 28.2 Å². The van der Waals surface area contributed by atoms with Gasteiger partial charge in [-0.15, -0.1) is 0 Å². The van der Waals surface area contributed by atoms with Gasteiger partial charge in [0, 0.05) is 17.0 Å². The van der Waals surface area contributed by atoms with Crippen LogP contribution in [0.15, 0.2) is 35.4 Å². The normalized spacial score (nSPS) is 11.3. The lowest BCUT2D eigenvalue weighted by molar-refractivity contribution is 0.284. The summed E-state index contributed by atoms with van der Waals surface area (Å²) < 4.78 is 13.4. The van der Waals surface area contributed by atoms with Gasteiger partial charge in [-0.2, -0.15) is 14.9 Å². The Bertz CT molecular complexity index is 1140. The van der Waals surface area contributed by atoms with E-state index in [1.165, 1.54) is 0 Å². The smallest absolute Gasteiger partial charge is 0.216 e. The van der Waals surface area contributed by atoms with Crippen molar-refractivity contribution in [3.05, 3.63) is 67.1 Å². The second kappa shape index (κ2) is 11.0. The maximum Gasteiger partial charge on any atom is 0.216 e. The molecule has 0 unspecified atom stereocenters. The molecule has 164 valence electrons. The van der Waals surface area contributed by atoms with Gasteiger partial charge in [0.25, 0.3) is 0 Å². The first-order chi connectivity index (χ1) is 14.9. The summed E-state index contributed by atoms with van der Waals surface area (Å²) in [7, 11) is 1.57. The highest BCUT2D eigenvalue weighted by Crippen LogP contribution is 2.34. The maximum atomic E-state index is 6.25. The molecule has 0 aliphatic carbocycles. The Balaban J connectivity index is 1.78. The van der Waals surface area contributed by atoms with Crippen LogP contribution < -0.4 is 9.47 Å².